The molecule has 0 radical (unpaired) electrons. The molecule has 1 aliphatic heterocycles. The van der Waals surface area contributed by atoms with Crippen molar-refractivity contribution in [2.24, 2.45) is 0 Å². The molecule has 0 saturated heterocycles. The average Bonchev–Trinajstić information content (AvgIpc) is 2.59. The van der Waals surface area contributed by atoms with E-state index in [1.54, 1.807) is 20.8 Å². The van der Waals surface area contributed by atoms with E-state index in [-0.39, 0.29) is 27.7 Å². The summed E-state index contributed by atoms with van der Waals surface area (Å²) in [4.78, 5) is 41.3. The minimum Gasteiger partial charge on any atom is -0.460 e. The van der Waals surface area contributed by atoms with Gasteiger partial charge in [0, 0.05) is 17.8 Å². The predicted octanol–water partition coefficient (Wildman–Crippen LogP) is 3.12. The molecule has 0 bridgehead atoms. The number of anilines is 1. The number of nitro groups is 1. The summed E-state index contributed by atoms with van der Waals surface area (Å²) in [6.45, 7) is 5.14. The van der Waals surface area contributed by atoms with Crippen LogP contribution in [0.3, 0.4) is 0 Å². The van der Waals surface area contributed by atoms with Gasteiger partial charge in [0.15, 0.2) is 4.77 Å². The van der Waals surface area contributed by atoms with Crippen LogP contribution in [0.4, 0.5) is 11.5 Å². The Bertz CT molecular complexity index is 1100. The highest BCUT2D eigenvalue weighted by atomic mass is 32.1. The maximum absolute atomic E-state index is 12.8. The van der Waals surface area contributed by atoms with Crippen molar-refractivity contribution >= 4 is 29.7 Å². The van der Waals surface area contributed by atoms with Crippen LogP contribution in [-0.2, 0) is 9.53 Å². The standard InChI is InChI=1S/C18H18N4O5S/c1-8(2)27-17(24)12-9(3)19-15-14(16(23)21-18(28)20-15)13(12)10-4-6-11(7-5-10)22(25)26/h4-8,13H,1-3H3,(H3,19,20,21,23,28)/t13-/m1/s1. The number of rotatable bonds is 4. The van der Waals surface area contributed by atoms with Crippen LogP contribution in [-0.4, -0.2) is 27.0 Å². The lowest BCUT2D eigenvalue weighted by atomic mass is 9.82. The van der Waals surface area contributed by atoms with E-state index >= 15 is 0 Å². The summed E-state index contributed by atoms with van der Waals surface area (Å²) in [5.41, 5.74) is 0.996. The Hall–Kier alpha value is -3.27. The lowest BCUT2D eigenvalue weighted by Gasteiger charge is -2.29. The van der Waals surface area contributed by atoms with E-state index in [1.165, 1.54) is 24.3 Å². The lowest BCUT2D eigenvalue weighted by Crippen LogP contribution is -2.31. The minimum atomic E-state index is -0.779. The Morgan fingerprint density at radius 3 is 2.46 bits per heavy atom. The van der Waals surface area contributed by atoms with E-state index in [9.17, 15) is 19.7 Å². The predicted molar refractivity (Wildman–Crippen MR) is 105 cm³/mol. The highest BCUT2D eigenvalue weighted by Gasteiger charge is 2.36. The van der Waals surface area contributed by atoms with Crippen molar-refractivity contribution in [3.8, 4) is 0 Å². The van der Waals surface area contributed by atoms with Crippen molar-refractivity contribution < 1.29 is 14.5 Å². The summed E-state index contributed by atoms with van der Waals surface area (Å²) < 4.78 is 5.50. The molecule has 28 heavy (non-hydrogen) atoms. The number of benzene rings is 1. The van der Waals surface area contributed by atoms with Gasteiger partial charge in [-0.05, 0) is 38.6 Å². The number of fused-ring (bicyclic) bond motifs is 1. The first-order valence-electron chi connectivity index (χ1n) is 8.48. The first-order chi connectivity index (χ1) is 13.2. The van der Waals surface area contributed by atoms with Crippen LogP contribution < -0.4 is 10.9 Å². The smallest absolute Gasteiger partial charge is 0.337 e. The van der Waals surface area contributed by atoms with Gasteiger partial charge < -0.3 is 15.0 Å². The molecule has 1 aromatic heterocycles. The van der Waals surface area contributed by atoms with Crippen molar-refractivity contribution in [3.63, 3.8) is 0 Å². The van der Waals surface area contributed by atoms with E-state index in [0.29, 0.717) is 17.1 Å². The molecular weight excluding hydrogens is 384 g/mol. The number of ether oxygens (including phenoxy) is 1. The molecule has 3 N–H and O–H groups in total. The van der Waals surface area contributed by atoms with E-state index in [4.69, 9.17) is 17.0 Å². The summed E-state index contributed by atoms with van der Waals surface area (Å²) in [5, 5.41) is 14.0. The Balaban J connectivity index is 2.23. The number of H-pyrrole nitrogens is 2. The third-order valence-electron chi connectivity index (χ3n) is 4.27. The molecule has 0 spiro atoms. The van der Waals surface area contributed by atoms with Gasteiger partial charge in [0.05, 0.1) is 28.1 Å². The van der Waals surface area contributed by atoms with Crippen LogP contribution in [0.2, 0.25) is 0 Å². The Kier molecular flexibility index (Phi) is 5.14. The second-order valence-corrected chi connectivity index (χ2v) is 7.00. The van der Waals surface area contributed by atoms with Gasteiger partial charge >= 0.3 is 5.97 Å². The van der Waals surface area contributed by atoms with E-state index < -0.39 is 22.4 Å². The number of aromatic nitrogens is 2. The molecule has 10 heteroatoms. The van der Waals surface area contributed by atoms with Gasteiger partial charge in [0.1, 0.15) is 5.82 Å². The van der Waals surface area contributed by atoms with Gasteiger partial charge in [-0.15, -0.1) is 0 Å². The molecule has 1 atom stereocenters. The van der Waals surface area contributed by atoms with Gasteiger partial charge in [0.2, 0.25) is 0 Å². The number of non-ortho nitro benzene ring substituents is 1. The van der Waals surface area contributed by atoms with Crippen molar-refractivity contribution in [2.45, 2.75) is 32.8 Å². The molecule has 9 nitrogen and oxygen atoms in total. The van der Waals surface area contributed by atoms with Crippen LogP contribution in [0.1, 0.15) is 37.8 Å². The first kappa shape index (κ1) is 19.5. The SMILES string of the molecule is CC1=C(C(=O)OC(C)C)[C@@H](c2ccc([N+](=O)[O-])cc2)c2c([nH]c(=S)[nH]c2=O)N1. The van der Waals surface area contributed by atoms with Crippen LogP contribution in [0.25, 0.3) is 0 Å². The third-order valence-corrected chi connectivity index (χ3v) is 4.48. The fraction of sp³-hybridized carbons (Fsp3) is 0.278. The largest absolute Gasteiger partial charge is 0.460 e. The summed E-state index contributed by atoms with van der Waals surface area (Å²) in [5.74, 6) is -0.981. The number of carbonyl (C=O) groups excluding carboxylic acids is 1. The number of nitro benzene ring substituents is 1. The van der Waals surface area contributed by atoms with Gasteiger partial charge in [-0.1, -0.05) is 12.1 Å². The minimum absolute atomic E-state index is 0.0914. The van der Waals surface area contributed by atoms with Gasteiger partial charge in [-0.2, -0.15) is 0 Å². The van der Waals surface area contributed by atoms with Gasteiger partial charge in [0.25, 0.3) is 11.2 Å². The van der Waals surface area contributed by atoms with E-state index in [0.717, 1.165) is 0 Å². The number of hydrogen-bond donors (Lipinski definition) is 3. The molecule has 0 amide bonds. The van der Waals surface area contributed by atoms with Crippen LogP contribution in [0.15, 0.2) is 40.3 Å². The molecule has 0 aliphatic carbocycles. The van der Waals surface area contributed by atoms with E-state index in [1.807, 2.05) is 0 Å². The zero-order valence-electron chi connectivity index (χ0n) is 15.4. The normalized spacial score (nSPS) is 15.8. The number of hydrogen-bond acceptors (Lipinski definition) is 7. The molecule has 2 aromatic rings. The number of esters is 1. The maximum Gasteiger partial charge on any atom is 0.337 e. The quantitative estimate of drug-likeness (QED) is 0.310. The van der Waals surface area contributed by atoms with Crippen LogP contribution >= 0.6 is 12.2 Å². The Morgan fingerprint density at radius 2 is 1.89 bits per heavy atom. The Morgan fingerprint density at radius 1 is 1.25 bits per heavy atom. The van der Waals surface area contributed by atoms with Crippen molar-refractivity contribution in [1.82, 2.24) is 9.97 Å². The first-order valence-corrected chi connectivity index (χ1v) is 8.89. The fourth-order valence-electron chi connectivity index (χ4n) is 3.16. The molecule has 0 unspecified atom stereocenters. The zero-order chi connectivity index (χ0) is 20.6. The second kappa shape index (κ2) is 7.39. The summed E-state index contributed by atoms with van der Waals surface area (Å²) in [7, 11) is 0. The third kappa shape index (κ3) is 3.58. The Labute approximate surface area is 164 Å². The summed E-state index contributed by atoms with van der Waals surface area (Å²) >= 11 is 5.03. The van der Waals surface area contributed by atoms with Crippen LogP contribution in [0.5, 0.6) is 0 Å². The van der Waals surface area contributed by atoms with Gasteiger partial charge in [-0.3, -0.25) is 19.9 Å². The highest BCUT2D eigenvalue weighted by molar-refractivity contribution is 7.71. The number of allylic oxidation sites excluding steroid dienone is 1. The molecule has 3 rings (SSSR count). The molecule has 0 saturated carbocycles. The molecule has 1 aliphatic rings. The molecule has 1 aromatic carbocycles. The van der Waals surface area contributed by atoms with Crippen molar-refractivity contribution in [2.75, 3.05) is 5.32 Å². The molecule has 146 valence electrons. The highest BCUT2D eigenvalue weighted by Crippen LogP contribution is 2.40. The van der Waals surface area contributed by atoms with Crippen molar-refractivity contribution in [1.29, 1.82) is 0 Å². The molecule has 2 heterocycles. The average molecular weight is 402 g/mol. The summed E-state index contributed by atoms with van der Waals surface area (Å²) in [6, 6.07) is 5.71. The number of nitrogens with one attached hydrogen (secondary N) is 3. The van der Waals surface area contributed by atoms with Crippen molar-refractivity contribution in [3.05, 3.63) is 71.9 Å². The molecule has 0 fully saturated rings. The van der Waals surface area contributed by atoms with E-state index in [2.05, 4.69) is 15.3 Å². The number of carbonyl (C=O) groups is 1. The van der Waals surface area contributed by atoms with Gasteiger partial charge in [-0.25, -0.2) is 4.79 Å². The maximum atomic E-state index is 12.8. The number of aromatic amines is 2. The topological polar surface area (TPSA) is 130 Å². The fourth-order valence-corrected chi connectivity index (χ4v) is 3.35. The second-order valence-electron chi connectivity index (χ2n) is 6.60. The zero-order valence-corrected chi connectivity index (χ0v) is 16.2. The monoisotopic (exact) mass is 402 g/mol. The summed E-state index contributed by atoms with van der Waals surface area (Å²) in [6.07, 6.45) is -0.355. The molecular formula is C18H18N4O5S. The number of nitrogens with zero attached hydrogens (tertiary/aromatic N) is 1. The lowest BCUT2D eigenvalue weighted by molar-refractivity contribution is -0.384. The van der Waals surface area contributed by atoms with Crippen LogP contribution in [0, 0.1) is 14.9 Å².